The van der Waals surface area contributed by atoms with E-state index in [-0.39, 0.29) is 5.97 Å². The highest BCUT2D eigenvalue weighted by Gasteiger charge is 1.92. The highest BCUT2D eigenvalue weighted by atomic mass is 16.5. The highest BCUT2D eigenvalue weighted by molar-refractivity contribution is 5.65. The van der Waals surface area contributed by atoms with Gasteiger partial charge in [0.25, 0.3) is 6.47 Å². The summed E-state index contributed by atoms with van der Waals surface area (Å²) in [5, 5.41) is 0. The predicted molar refractivity (Wildman–Crippen MR) is 37.9 cm³/mol. The van der Waals surface area contributed by atoms with Crippen molar-refractivity contribution < 1.29 is 19.1 Å². The van der Waals surface area contributed by atoms with Crippen molar-refractivity contribution in [3.05, 3.63) is 0 Å². The van der Waals surface area contributed by atoms with Gasteiger partial charge in [-0.2, -0.15) is 0 Å². The molecule has 11 heavy (non-hydrogen) atoms. The van der Waals surface area contributed by atoms with Crippen LogP contribution >= 0.6 is 0 Å². The molecule has 64 valence electrons. The summed E-state index contributed by atoms with van der Waals surface area (Å²) in [5.41, 5.74) is 0. The van der Waals surface area contributed by atoms with E-state index in [1.54, 1.807) is 0 Å². The van der Waals surface area contributed by atoms with Crippen LogP contribution in [0.25, 0.3) is 0 Å². The van der Waals surface area contributed by atoms with Gasteiger partial charge in [-0.05, 0) is 12.8 Å². The van der Waals surface area contributed by atoms with Crippen molar-refractivity contribution in [2.24, 2.45) is 0 Å². The topological polar surface area (TPSA) is 52.6 Å². The fraction of sp³-hybridized carbons (Fsp3) is 0.714. The summed E-state index contributed by atoms with van der Waals surface area (Å²) in [7, 11) is 0. The third-order valence-electron chi connectivity index (χ3n) is 1.03. The second-order valence-corrected chi connectivity index (χ2v) is 2.01. The molecule has 0 fully saturated rings. The monoisotopic (exact) mass is 160 g/mol. The van der Waals surface area contributed by atoms with E-state index in [2.05, 4.69) is 9.47 Å². The minimum absolute atomic E-state index is 0.277. The molecule has 0 unspecified atom stereocenters. The van der Waals surface area contributed by atoms with Crippen molar-refractivity contribution in [3.8, 4) is 0 Å². The largest absolute Gasteiger partial charge is 0.468 e. The molecule has 4 nitrogen and oxygen atoms in total. The average Bonchev–Trinajstić information content (AvgIpc) is 1.96. The minimum atomic E-state index is -0.277. The van der Waals surface area contributed by atoms with E-state index in [9.17, 15) is 9.59 Å². The molecule has 0 bridgehead atoms. The van der Waals surface area contributed by atoms with Crippen molar-refractivity contribution in [2.45, 2.75) is 19.8 Å². The summed E-state index contributed by atoms with van der Waals surface area (Å²) in [6.45, 7) is 2.57. The fourth-order valence-corrected chi connectivity index (χ4v) is 0.551. The van der Waals surface area contributed by atoms with Crippen LogP contribution in [0.4, 0.5) is 0 Å². The normalized spacial score (nSPS) is 8.82. The van der Waals surface area contributed by atoms with Crippen LogP contribution in [0.15, 0.2) is 0 Å². The van der Waals surface area contributed by atoms with E-state index in [0.717, 1.165) is 12.8 Å². The number of unbranched alkanes of at least 4 members (excludes halogenated alkanes) is 1. The first-order valence-corrected chi connectivity index (χ1v) is 3.46. The van der Waals surface area contributed by atoms with Crippen LogP contribution in [0.3, 0.4) is 0 Å². The zero-order chi connectivity index (χ0) is 8.53. The van der Waals surface area contributed by atoms with Gasteiger partial charge in [-0.1, -0.05) is 0 Å². The lowest BCUT2D eigenvalue weighted by Gasteiger charge is -2.00. The lowest BCUT2D eigenvalue weighted by molar-refractivity contribution is -0.141. The molecule has 0 saturated heterocycles. The Morgan fingerprint density at radius 3 is 2.55 bits per heavy atom. The van der Waals surface area contributed by atoms with E-state index < -0.39 is 0 Å². The van der Waals surface area contributed by atoms with E-state index in [4.69, 9.17) is 0 Å². The molecule has 0 N–H and O–H groups in total. The second kappa shape index (κ2) is 7.05. The molecular weight excluding hydrogens is 148 g/mol. The lowest BCUT2D eigenvalue weighted by atomic mass is 10.3. The molecule has 0 aliphatic rings. The fourth-order valence-electron chi connectivity index (χ4n) is 0.551. The molecule has 0 aliphatic carbocycles. The first-order valence-electron chi connectivity index (χ1n) is 3.46. The van der Waals surface area contributed by atoms with E-state index in [0.29, 0.717) is 19.7 Å². The standard InChI is InChI=1S/C7H12O4/c1-7(9)11-5-3-2-4-10-6-8/h6H,2-5H2,1H3. The van der Waals surface area contributed by atoms with Gasteiger partial charge in [-0.15, -0.1) is 0 Å². The molecule has 0 atom stereocenters. The molecule has 0 radical (unpaired) electrons. The van der Waals surface area contributed by atoms with Crippen molar-refractivity contribution in [2.75, 3.05) is 13.2 Å². The highest BCUT2D eigenvalue weighted by Crippen LogP contribution is 1.90. The first-order chi connectivity index (χ1) is 5.27. The van der Waals surface area contributed by atoms with Crippen LogP contribution < -0.4 is 0 Å². The van der Waals surface area contributed by atoms with Gasteiger partial charge in [-0.3, -0.25) is 9.59 Å². The summed E-state index contributed by atoms with van der Waals surface area (Å²) in [6, 6.07) is 0. The number of hydrogen-bond donors (Lipinski definition) is 0. The van der Waals surface area contributed by atoms with Gasteiger partial charge in [0.1, 0.15) is 0 Å². The lowest BCUT2D eigenvalue weighted by Crippen LogP contribution is -2.01. The predicted octanol–water partition coefficient (Wildman–Crippen LogP) is 0.503. The second-order valence-electron chi connectivity index (χ2n) is 2.01. The quantitative estimate of drug-likeness (QED) is 0.322. The Morgan fingerprint density at radius 1 is 1.36 bits per heavy atom. The molecule has 4 heteroatoms. The van der Waals surface area contributed by atoms with Gasteiger partial charge in [0.15, 0.2) is 0 Å². The molecule has 0 amide bonds. The SMILES string of the molecule is CC(=O)OCCCCOC=O. The zero-order valence-corrected chi connectivity index (χ0v) is 6.54. The van der Waals surface area contributed by atoms with Crippen LogP contribution in [-0.4, -0.2) is 25.7 Å². The molecule has 0 rings (SSSR count). The first kappa shape index (κ1) is 9.94. The molecular formula is C7H12O4. The van der Waals surface area contributed by atoms with Gasteiger partial charge in [0.2, 0.25) is 0 Å². The van der Waals surface area contributed by atoms with Crippen molar-refractivity contribution >= 4 is 12.4 Å². The maximum absolute atomic E-state index is 10.2. The molecule has 0 aromatic heterocycles. The van der Waals surface area contributed by atoms with Gasteiger partial charge >= 0.3 is 5.97 Å². The summed E-state index contributed by atoms with van der Waals surface area (Å²) >= 11 is 0. The Bertz CT molecular complexity index is 122. The summed E-state index contributed by atoms with van der Waals surface area (Å²) in [5.74, 6) is -0.277. The molecule has 0 spiro atoms. The number of ether oxygens (including phenoxy) is 2. The summed E-state index contributed by atoms with van der Waals surface area (Å²) in [6.07, 6.45) is 1.46. The number of esters is 1. The van der Waals surface area contributed by atoms with E-state index in [1.807, 2.05) is 0 Å². The number of rotatable bonds is 6. The van der Waals surface area contributed by atoms with Crippen LogP contribution in [0, 0.1) is 0 Å². The Balaban J connectivity index is 2.90. The van der Waals surface area contributed by atoms with E-state index in [1.165, 1.54) is 6.92 Å². The molecule has 0 saturated carbocycles. The molecule has 0 aliphatic heterocycles. The van der Waals surface area contributed by atoms with Crippen molar-refractivity contribution in [1.82, 2.24) is 0 Å². The number of hydrogen-bond acceptors (Lipinski definition) is 4. The zero-order valence-electron chi connectivity index (χ0n) is 6.54. The third kappa shape index (κ3) is 8.94. The average molecular weight is 160 g/mol. The summed E-state index contributed by atoms with van der Waals surface area (Å²) in [4.78, 5) is 19.9. The van der Waals surface area contributed by atoms with Crippen LogP contribution in [0.2, 0.25) is 0 Å². The molecule has 0 aromatic rings. The Morgan fingerprint density at radius 2 is 2.00 bits per heavy atom. The van der Waals surface area contributed by atoms with Crippen molar-refractivity contribution in [3.63, 3.8) is 0 Å². The Labute approximate surface area is 65.5 Å². The maximum Gasteiger partial charge on any atom is 0.302 e. The molecule has 0 heterocycles. The smallest absolute Gasteiger partial charge is 0.302 e. The van der Waals surface area contributed by atoms with E-state index >= 15 is 0 Å². The van der Waals surface area contributed by atoms with Crippen molar-refractivity contribution in [1.29, 1.82) is 0 Å². The Hall–Kier alpha value is -1.06. The van der Waals surface area contributed by atoms with Crippen LogP contribution in [-0.2, 0) is 19.1 Å². The van der Waals surface area contributed by atoms with Gasteiger partial charge in [0, 0.05) is 6.92 Å². The van der Waals surface area contributed by atoms with Crippen LogP contribution in [0.5, 0.6) is 0 Å². The summed E-state index contributed by atoms with van der Waals surface area (Å²) < 4.78 is 9.06. The minimum Gasteiger partial charge on any atom is -0.468 e. The third-order valence-corrected chi connectivity index (χ3v) is 1.03. The number of carbonyl (C=O) groups excluding carboxylic acids is 2. The number of carbonyl (C=O) groups is 2. The van der Waals surface area contributed by atoms with Gasteiger partial charge in [-0.25, -0.2) is 0 Å². The Kier molecular flexibility index (Phi) is 6.37. The van der Waals surface area contributed by atoms with Crippen LogP contribution in [0.1, 0.15) is 19.8 Å². The maximum atomic E-state index is 10.2. The van der Waals surface area contributed by atoms with Gasteiger partial charge in [0.05, 0.1) is 13.2 Å². The molecule has 0 aromatic carbocycles. The van der Waals surface area contributed by atoms with Gasteiger partial charge < -0.3 is 9.47 Å².